The third-order valence-corrected chi connectivity index (χ3v) is 5.05. The van der Waals surface area contributed by atoms with Crippen molar-refractivity contribution >= 4 is 11.9 Å². The molecule has 0 saturated carbocycles. The number of nitrogens with zero attached hydrogens (tertiary/aromatic N) is 2. The largest absolute Gasteiger partial charge is 0.468 e. The fourth-order valence-electron chi connectivity index (χ4n) is 3.51. The summed E-state index contributed by atoms with van der Waals surface area (Å²) in [6.45, 7) is 0.318. The van der Waals surface area contributed by atoms with E-state index in [-0.39, 0.29) is 11.9 Å². The van der Waals surface area contributed by atoms with Crippen LogP contribution in [0.1, 0.15) is 29.5 Å². The van der Waals surface area contributed by atoms with Crippen molar-refractivity contribution in [3.63, 3.8) is 0 Å². The van der Waals surface area contributed by atoms with Crippen molar-refractivity contribution in [1.29, 1.82) is 0 Å². The van der Waals surface area contributed by atoms with Crippen LogP contribution in [0.25, 0.3) is 0 Å². The Morgan fingerprint density at radius 2 is 2.12 bits per heavy atom. The van der Waals surface area contributed by atoms with Gasteiger partial charge in [0.25, 0.3) is 0 Å². The van der Waals surface area contributed by atoms with E-state index in [1.54, 1.807) is 0 Å². The lowest BCUT2D eigenvalue weighted by Gasteiger charge is -2.25. The highest BCUT2D eigenvalue weighted by atomic mass is 16.5. The van der Waals surface area contributed by atoms with Crippen molar-refractivity contribution in [3.8, 4) is 0 Å². The predicted molar refractivity (Wildman–Crippen MR) is 95.3 cm³/mol. The summed E-state index contributed by atoms with van der Waals surface area (Å²) in [5.74, 6) is -0.958. The monoisotopic (exact) mass is 346 g/mol. The van der Waals surface area contributed by atoms with Crippen molar-refractivity contribution in [2.45, 2.75) is 37.5 Å². The van der Waals surface area contributed by atoms with Gasteiger partial charge in [-0.15, -0.1) is 0 Å². The molecule has 0 radical (unpaired) electrons. The number of fused-ring (bicyclic) bond motifs is 1. The van der Waals surface area contributed by atoms with Crippen LogP contribution in [0.5, 0.6) is 0 Å². The first kappa shape index (κ1) is 17.7. The van der Waals surface area contributed by atoms with E-state index < -0.39 is 5.79 Å². The zero-order valence-corrected chi connectivity index (χ0v) is 14.7. The van der Waals surface area contributed by atoms with Crippen LogP contribution in [0.3, 0.4) is 0 Å². The quantitative estimate of drug-likeness (QED) is 0.430. The van der Waals surface area contributed by atoms with Crippen LogP contribution >= 0.6 is 0 Å². The summed E-state index contributed by atoms with van der Waals surface area (Å²) in [4.78, 5) is 17.8. The van der Waals surface area contributed by atoms with E-state index in [2.05, 4.69) is 32.9 Å². The van der Waals surface area contributed by atoms with Gasteiger partial charge in [-0.1, -0.05) is 18.2 Å². The van der Waals surface area contributed by atoms with E-state index in [0.29, 0.717) is 12.6 Å². The zero-order chi connectivity index (χ0) is 18.0. The van der Waals surface area contributed by atoms with E-state index >= 15 is 0 Å². The molecule has 0 amide bonds. The van der Waals surface area contributed by atoms with E-state index in [1.807, 2.05) is 13.1 Å². The second kappa shape index (κ2) is 6.99. The minimum Gasteiger partial charge on any atom is -0.468 e. The number of hydrazine groups is 1. The highest BCUT2D eigenvalue weighted by Gasteiger charge is 2.32. The second-order valence-electron chi connectivity index (χ2n) is 6.72. The maximum Gasteiger partial charge on any atom is 0.319 e. The number of ether oxygens (including phenoxy) is 1. The molecule has 8 nitrogen and oxygen atoms in total. The number of nitrogens with one attached hydrogen (secondary N) is 2. The van der Waals surface area contributed by atoms with Gasteiger partial charge in [-0.2, -0.15) is 5.43 Å². The summed E-state index contributed by atoms with van der Waals surface area (Å²) in [7, 11) is 3.40. The molecule has 3 rings (SSSR count). The number of likely N-dealkylation sites (N-methyl/N-ethyl adjacent to an activating group) is 1. The van der Waals surface area contributed by atoms with E-state index in [0.717, 1.165) is 31.2 Å². The number of rotatable bonds is 4. The average Bonchev–Trinajstić information content (AvgIpc) is 2.82. The normalized spacial score (nSPS) is 25.8. The molecular weight excluding hydrogens is 320 g/mol. The smallest absolute Gasteiger partial charge is 0.319 e. The van der Waals surface area contributed by atoms with Crippen molar-refractivity contribution in [2.24, 2.45) is 16.5 Å². The molecule has 1 heterocycles. The number of hydrogen-bond donors (Lipinski definition) is 4. The second-order valence-corrected chi connectivity index (χ2v) is 6.72. The first-order valence-corrected chi connectivity index (χ1v) is 8.48. The molecule has 2 atom stereocenters. The fraction of sp³-hybridized carbons (Fsp3) is 0.529. The minimum atomic E-state index is -1.04. The van der Waals surface area contributed by atoms with Gasteiger partial charge in [-0.25, -0.2) is 4.99 Å². The van der Waals surface area contributed by atoms with Gasteiger partial charge in [0.05, 0.1) is 13.7 Å². The van der Waals surface area contributed by atoms with E-state index in [9.17, 15) is 4.79 Å². The number of carbonyl (C=O) groups is 1. The number of benzene rings is 1. The molecule has 0 fully saturated rings. The highest BCUT2D eigenvalue weighted by molar-refractivity contribution is 5.79. The number of methoxy groups -OCH3 is 1. The molecule has 1 aromatic rings. The average molecular weight is 346 g/mol. The number of hydrogen-bond acceptors (Lipinski definition) is 8. The Labute approximate surface area is 147 Å². The molecule has 136 valence electrons. The Morgan fingerprint density at radius 3 is 2.76 bits per heavy atom. The van der Waals surface area contributed by atoms with Crippen LogP contribution in [-0.2, 0) is 28.2 Å². The van der Waals surface area contributed by atoms with E-state index in [1.165, 1.54) is 18.2 Å². The summed E-state index contributed by atoms with van der Waals surface area (Å²) >= 11 is 0. The van der Waals surface area contributed by atoms with Gasteiger partial charge in [0.2, 0.25) is 11.7 Å². The van der Waals surface area contributed by atoms with Gasteiger partial charge in [-0.3, -0.25) is 20.9 Å². The molecule has 1 aliphatic carbocycles. The molecule has 0 spiro atoms. The predicted octanol–water partition coefficient (Wildman–Crippen LogP) is -0.470. The molecule has 1 aliphatic heterocycles. The summed E-state index contributed by atoms with van der Waals surface area (Å²) in [5.41, 5.74) is 21.1. The van der Waals surface area contributed by atoms with Gasteiger partial charge in [0.1, 0.15) is 0 Å². The standard InChI is InChI=1S/C17H26N6O2/c1-23(10-15(24)25-2)14-7-4-11-3-6-13(9-12(11)5-8-14)17(19)20-16(18)21-22-17/h3,6,9,14,22H,4-5,7-8,10,19H2,1-2H3,(H3,18,20,21). The zero-order valence-electron chi connectivity index (χ0n) is 14.7. The van der Waals surface area contributed by atoms with Gasteiger partial charge < -0.3 is 10.5 Å². The van der Waals surface area contributed by atoms with Crippen molar-refractivity contribution in [1.82, 2.24) is 15.8 Å². The third kappa shape index (κ3) is 3.76. The summed E-state index contributed by atoms with van der Waals surface area (Å²) < 4.78 is 4.77. The SMILES string of the molecule is COC(=O)CN(C)C1CCc2ccc(C3(N)N=C(N)NN3)cc2CC1. The fourth-order valence-corrected chi connectivity index (χ4v) is 3.51. The van der Waals surface area contributed by atoms with Gasteiger partial charge in [0.15, 0.2) is 0 Å². The lowest BCUT2D eigenvalue weighted by molar-refractivity contribution is -0.142. The topological polar surface area (TPSA) is 118 Å². The molecule has 0 aromatic heterocycles. The molecule has 0 bridgehead atoms. The first-order valence-electron chi connectivity index (χ1n) is 8.48. The van der Waals surface area contributed by atoms with Crippen molar-refractivity contribution in [3.05, 3.63) is 34.9 Å². The number of nitrogens with two attached hydrogens (primary N) is 2. The Morgan fingerprint density at radius 1 is 1.40 bits per heavy atom. The van der Waals surface area contributed by atoms with Gasteiger partial charge >= 0.3 is 5.97 Å². The Bertz CT molecular complexity index is 692. The third-order valence-electron chi connectivity index (χ3n) is 5.05. The Hall–Kier alpha value is -2.16. The number of aliphatic imine (C=N–C) groups is 1. The Balaban J connectivity index is 1.73. The number of carbonyl (C=O) groups excluding carboxylic acids is 1. The molecular formula is C17H26N6O2. The van der Waals surface area contributed by atoms with Crippen molar-refractivity contribution < 1.29 is 9.53 Å². The van der Waals surface area contributed by atoms with Gasteiger partial charge in [-0.05, 0) is 43.9 Å². The first-order chi connectivity index (χ1) is 11.9. The van der Waals surface area contributed by atoms with Crippen molar-refractivity contribution in [2.75, 3.05) is 20.7 Å². The lowest BCUT2D eigenvalue weighted by Crippen LogP contribution is -2.50. The maximum atomic E-state index is 11.5. The molecule has 25 heavy (non-hydrogen) atoms. The van der Waals surface area contributed by atoms with Crippen LogP contribution in [0.4, 0.5) is 0 Å². The van der Waals surface area contributed by atoms with Gasteiger partial charge in [0, 0.05) is 11.6 Å². The molecule has 2 unspecified atom stereocenters. The number of esters is 1. The van der Waals surface area contributed by atoms with Crippen LogP contribution in [0.15, 0.2) is 23.2 Å². The summed E-state index contributed by atoms with van der Waals surface area (Å²) in [6.07, 6.45) is 3.90. The highest BCUT2D eigenvalue weighted by Crippen LogP contribution is 2.27. The van der Waals surface area contributed by atoms with Crippen LogP contribution in [0.2, 0.25) is 0 Å². The maximum absolute atomic E-state index is 11.5. The number of guanidine groups is 1. The molecule has 8 heteroatoms. The lowest BCUT2D eigenvalue weighted by atomic mass is 9.97. The molecule has 1 aromatic carbocycles. The molecule has 2 aliphatic rings. The van der Waals surface area contributed by atoms with E-state index in [4.69, 9.17) is 16.2 Å². The minimum absolute atomic E-state index is 0.202. The molecule has 6 N–H and O–H groups in total. The van der Waals surface area contributed by atoms with Crippen LogP contribution in [0, 0.1) is 0 Å². The summed E-state index contributed by atoms with van der Waals surface area (Å²) in [5, 5.41) is 0. The number of aryl methyl sites for hydroxylation is 2. The van der Waals surface area contributed by atoms with Crippen LogP contribution in [-0.4, -0.2) is 43.6 Å². The Kier molecular flexibility index (Phi) is 4.94. The summed E-state index contributed by atoms with van der Waals surface area (Å²) in [6, 6.07) is 6.57. The van der Waals surface area contributed by atoms with Crippen LogP contribution < -0.4 is 22.3 Å². The molecule has 0 saturated heterocycles.